The molecule has 0 bridgehead atoms. The monoisotopic (exact) mass is 372 g/mol. The number of benzene rings is 1. The van der Waals surface area contributed by atoms with E-state index in [1.165, 1.54) is 0 Å². The van der Waals surface area contributed by atoms with Gasteiger partial charge in [0.25, 0.3) is 0 Å². The van der Waals surface area contributed by atoms with E-state index in [2.05, 4.69) is 16.8 Å². The Labute approximate surface area is 154 Å². The summed E-state index contributed by atoms with van der Waals surface area (Å²) in [7, 11) is 2.11. The summed E-state index contributed by atoms with van der Waals surface area (Å²) in [5, 5.41) is 12.5. The Balaban J connectivity index is 1.86. The van der Waals surface area contributed by atoms with E-state index in [0.717, 1.165) is 64.3 Å². The summed E-state index contributed by atoms with van der Waals surface area (Å²) in [5.41, 5.74) is 0.366. The predicted molar refractivity (Wildman–Crippen MR) is 98.1 cm³/mol. The molecule has 2 saturated heterocycles. The van der Waals surface area contributed by atoms with E-state index in [1.54, 1.807) is 0 Å². The summed E-state index contributed by atoms with van der Waals surface area (Å²) in [6.07, 6.45) is 1.55. The van der Waals surface area contributed by atoms with E-state index < -0.39 is 5.60 Å². The molecule has 134 valence electrons. The van der Waals surface area contributed by atoms with Crippen LogP contribution in [0.1, 0.15) is 24.3 Å². The largest absolute Gasteiger partial charge is 0.389 e. The second-order valence-corrected chi connectivity index (χ2v) is 7.86. The van der Waals surface area contributed by atoms with E-state index in [9.17, 15) is 5.11 Å². The molecule has 2 aliphatic rings. The van der Waals surface area contributed by atoms with Crippen molar-refractivity contribution in [3.05, 3.63) is 33.8 Å². The van der Waals surface area contributed by atoms with Crippen LogP contribution in [0.5, 0.6) is 0 Å². The van der Waals surface area contributed by atoms with Gasteiger partial charge in [0.1, 0.15) is 0 Å². The van der Waals surface area contributed by atoms with Gasteiger partial charge in [-0.05, 0) is 37.6 Å². The smallest absolute Gasteiger partial charge is 0.0752 e. The zero-order valence-electron chi connectivity index (χ0n) is 14.2. The molecular weight excluding hydrogens is 347 g/mol. The Morgan fingerprint density at radius 2 is 1.79 bits per heavy atom. The molecule has 3 rings (SSSR count). The third kappa shape index (κ3) is 4.24. The highest BCUT2D eigenvalue weighted by Gasteiger charge is 2.41. The molecule has 1 N–H and O–H groups in total. The molecule has 1 atom stereocenters. The number of ether oxygens (including phenoxy) is 1. The van der Waals surface area contributed by atoms with Gasteiger partial charge < -0.3 is 14.7 Å². The average Bonchev–Trinajstić information content (AvgIpc) is 2.59. The molecular formula is C18H26Cl2N2O2. The Morgan fingerprint density at radius 3 is 2.42 bits per heavy atom. The van der Waals surface area contributed by atoms with Crippen LogP contribution in [0.4, 0.5) is 0 Å². The van der Waals surface area contributed by atoms with Crippen molar-refractivity contribution < 1.29 is 9.84 Å². The summed E-state index contributed by atoms with van der Waals surface area (Å²) in [6.45, 7) is 5.99. The van der Waals surface area contributed by atoms with Crippen molar-refractivity contribution in [2.75, 3.05) is 53.0 Å². The summed E-state index contributed by atoms with van der Waals surface area (Å²) in [4.78, 5) is 4.65. The first-order valence-electron chi connectivity index (χ1n) is 8.64. The van der Waals surface area contributed by atoms with Crippen LogP contribution in [-0.4, -0.2) is 73.5 Å². The Morgan fingerprint density at radius 1 is 1.12 bits per heavy atom. The lowest BCUT2D eigenvalue weighted by molar-refractivity contribution is -0.0537. The minimum Gasteiger partial charge on any atom is -0.389 e. The highest BCUT2D eigenvalue weighted by molar-refractivity contribution is 6.42. The molecule has 0 amide bonds. The van der Waals surface area contributed by atoms with E-state index >= 15 is 0 Å². The maximum atomic E-state index is 11.4. The third-order valence-corrected chi connectivity index (χ3v) is 6.13. The number of likely N-dealkylation sites (tertiary alicyclic amines) is 1. The van der Waals surface area contributed by atoms with Crippen molar-refractivity contribution in [1.82, 2.24) is 9.80 Å². The normalized spacial score (nSPS) is 24.0. The first-order chi connectivity index (χ1) is 11.5. The summed E-state index contributed by atoms with van der Waals surface area (Å²) >= 11 is 12.3. The minimum atomic E-state index is -0.706. The summed E-state index contributed by atoms with van der Waals surface area (Å²) in [6, 6.07) is 5.77. The van der Waals surface area contributed by atoms with Crippen molar-refractivity contribution in [2.45, 2.75) is 24.4 Å². The van der Waals surface area contributed by atoms with Crippen LogP contribution in [0.15, 0.2) is 18.2 Å². The highest BCUT2D eigenvalue weighted by Crippen LogP contribution is 2.39. The van der Waals surface area contributed by atoms with Crippen LogP contribution in [0.25, 0.3) is 0 Å². The summed E-state index contributed by atoms with van der Waals surface area (Å²) < 4.78 is 5.46. The predicted octanol–water partition coefficient (Wildman–Crippen LogP) is 2.87. The van der Waals surface area contributed by atoms with Gasteiger partial charge >= 0.3 is 0 Å². The van der Waals surface area contributed by atoms with Gasteiger partial charge in [-0.15, -0.1) is 0 Å². The Bertz CT molecular complexity index is 556. The first-order valence-corrected chi connectivity index (χ1v) is 9.39. The first kappa shape index (κ1) is 18.4. The fourth-order valence-corrected chi connectivity index (χ4v) is 4.02. The fraction of sp³-hybridized carbons (Fsp3) is 0.667. The van der Waals surface area contributed by atoms with Crippen molar-refractivity contribution in [2.24, 2.45) is 0 Å². The van der Waals surface area contributed by atoms with E-state index in [-0.39, 0.29) is 5.92 Å². The molecule has 0 aliphatic carbocycles. The molecule has 1 aromatic rings. The van der Waals surface area contributed by atoms with Crippen LogP contribution in [0, 0.1) is 0 Å². The number of halogens is 2. The van der Waals surface area contributed by atoms with Crippen molar-refractivity contribution in [3.8, 4) is 0 Å². The Kier molecular flexibility index (Phi) is 6.07. The minimum absolute atomic E-state index is 0.0269. The van der Waals surface area contributed by atoms with E-state index in [1.807, 2.05) is 18.2 Å². The molecule has 0 spiro atoms. The SMILES string of the molecule is CN1CCC(O)(C(CN2CCOCC2)c2ccc(Cl)c(Cl)c2)CC1. The fourth-order valence-electron chi connectivity index (χ4n) is 3.71. The standard InChI is InChI=1S/C18H26Cl2N2O2/c1-21-6-4-18(23,5-7-21)15(13-22-8-10-24-11-9-22)14-2-3-16(19)17(20)12-14/h2-3,12,15,23H,4-11,13H2,1H3. The average molecular weight is 373 g/mol. The summed E-state index contributed by atoms with van der Waals surface area (Å²) in [5.74, 6) is 0.0269. The molecule has 1 aromatic carbocycles. The van der Waals surface area contributed by atoms with Gasteiger partial charge in [0, 0.05) is 38.6 Å². The van der Waals surface area contributed by atoms with Crippen molar-refractivity contribution in [3.63, 3.8) is 0 Å². The molecule has 2 heterocycles. The zero-order chi connectivity index (χ0) is 17.2. The van der Waals surface area contributed by atoms with Gasteiger partial charge in [0.15, 0.2) is 0 Å². The van der Waals surface area contributed by atoms with Crippen LogP contribution < -0.4 is 0 Å². The molecule has 0 radical (unpaired) electrons. The van der Waals surface area contributed by atoms with Crippen LogP contribution in [0.2, 0.25) is 10.0 Å². The van der Waals surface area contributed by atoms with Crippen molar-refractivity contribution in [1.29, 1.82) is 0 Å². The highest BCUT2D eigenvalue weighted by atomic mass is 35.5. The molecule has 4 nitrogen and oxygen atoms in total. The zero-order valence-corrected chi connectivity index (χ0v) is 15.7. The van der Waals surface area contributed by atoms with Crippen LogP contribution in [-0.2, 0) is 4.74 Å². The van der Waals surface area contributed by atoms with Gasteiger partial charge in [-0.2, -0.15) is 0 Å². The number of nitrogens with zero attached hydrogens (tertiary/aromatic N) is 2. The molecule has 6 heteroatoms. The molecule has 0 saturated carbocycles. The molecule has 2 aliphatic heterocycles. The Hall–Kier alpha value is -0.360. The number of morpholine rings is 1. The van der Waals surface area contributed by atoms with Gasteiger partial charge in [-0.3, -0.25) is 4.90 Å². The molecule has 2 fully saturated rings. The number of rotatable bonds is 4. The van der Waals surface area contributed by atoms with Gasteiger partial charge in [0.05, 0.1) is 28.9 Å². The van der Waals surface area contributed by atoms with E-state index in [0.29, 0.717) is 10.0 Å². The molecule has 1 unspecified atom stereocenters. The van der Waals surface area contributed by atoms with E-state index in [4.69, 9.17) is 27.9 Å². The van der Waals surface area contributed by atoms with Gasteiger partial charge in [-0.1, -0.05) is 29.3 Å². The lowest BCUT2D eigenvalue weighted by Gasteiger charge is -2.44. The maximum Gasteiger partial charge on any atom is 0.0752 e. The number of hydrogen-bond acceptors (Lipinski definition) is 4. The van der Waals surface area contributed by atoms with Crippen LogP contribution >= 0.6 is 23.2 Å². The molecule has 0 aromatic heterocycles. The second-order valence-electron chi connectivity index (χ2n) is 7.05. The maximum absolute atomic E-state index is 11.4. The molecule has 24 heavy (non-hydrogen) atoms. The van der Waals surface area contributed by atoms with Crippen LogP contribution in [0.3, 0.4) is 0 Å². The number of hydrogen-bond donors (Lipinski definition) is 1. The topological polar surface area (TPSA) is 35.9 Å². The second kappa shape index (κ2) is 7.90. The quantitative estimate of drug-likeness (QED) is 0.881. The number of piperidine rings is 1. The van der Waals surface area contributed by atoms with Gasteiger partial charge in [-0.25, -0.2) is 0 Å². The lowest BCUT2D eigenvalue weighted by Crippen LogP contribution is -2.51. The van der Waals surface area contributed by atoms with Gasteiger partial charge in [0.2, 0.25) is 0 Å². The lowest BCUT2D eigenvalue weighted by atomic mass is 9.75. The van der Waals surface area contributed by atoms with Crippen molar-refractivity contribution >= 4 is 23.2 Å². The third-order valence-electron chi connectivity index (χ3n) is 5.39. The number of aliphatic hydroxyl groups is 1.